The van der Waals surface area contributed by atoms with Crippen molar-refractivity contribution in [3.05, 3.63) is 77.1 Å². The van der Waals surface area contributed by atoms with Crippen LogP contribution in [0.5, 0.6) is 0 Å². The molecule has 0 fully saturated rings. The van der Waals surface area contributed by atoms with Crippen LogP contribution in [-0.2, 0) is 6.54 Å². The summed E-state index contributed by atoms with van der Waals surface area (Å²) in [5.41, 5.74) is 7.10. The largest absolute Gasteiger partial charge is 0.213 e. The topological polar surface area (TPSA) is 3.88 Å². The first kappa shape index (κ1) is 11.7. The molecule has 2 aliphatic carbocycles. The molecule has 0 spiro atoms. The normalized spacial score (nSPS) is 19.4. The molecule has 0 bridgehead atoms. The van der Waals surface area contributed by atoms with Gasteiger partial charge in [0.15, 0.2) is 12.7 Å². The molecule has 2 aromatic rings. The van der Waals surface area contributed by atoms with Crippen LogP contribution < -0.4 is 4.57 Å². The van der Waals surface area contributed by atoms with Gasteiger partial charge in [-0.2, -0.15) is 4.57 Å². The molecule has 1 aromatic heterocycles. The van der Waals surface area contributed by atoms with Crippen molar-refractivity contribution in [2.75, 3.05) is 0 Å². The number of hydrogen-bond acceptors (Lipinski definition) is 0. The Kier molecular flexibility index (Phi) is 2.59. The van der Waals surface area contributed by atoms with Crippen molar-refractivity contribution in [3.8, 4) is 0 Å². The van der Waals surface area contributed by atoms with E-state index in [2.05, 4.69) is 72.3 Å². The lowest BCUT2D eigenvalue weighted by Crippen LogP contribution is -2.37. The molecule has 0 N–H and O–H groups in total. The van der Waals surface area contributed by atoms with Crippen LogP contribution in [0, 0.1) is 5.92 Å². The van der Waals surface area contributed by atoms with Gasteiger partial charge < -0.3 is 0 Å². The van der Waals surface area contributed by atoms with Gasteiger partial charge in [0.25, 0.3) is 0 Å². The third-order valence-electron chi connectivity index (χ3n) is 4.25. The van der Waals surface area contributed by atoms with Gasteiger partial charge in [-0.1, -0.05) is 43.3 Å². The highest BCUT2D eigenvalue weighted by Crippen LogP contribution is 2.42. The fraction of sp³-hybridized carbons (Fsp3) is 0.211. The average Bonchev–Trinajstić information content (AvgIpc) is 2.97. The number of allylic oxidation sites excluding steroid dienone is 3. The zero-order valence-electron chi connectivity index (χ0n) is 11.7. The van der Waals surface area contributed by atoms with Gasteiger partial charge in [-0.05, 0) is 29.6 Å². The molecular formula is C19H18N+. The Morgan fingerprint density at radius 2 is 1.95 bits per heavy atom. The fourth-order valence-electron chi connectivity index (χ4n) is 3.34. The Hall–Kier alpha value is -2.15. The van der Waals surface area contributed by atoms with Gasteiger partial charge in [0.2, 0.25) is 5.69 Å². The summed E-state index contributed by atoms with van der Waals surface area (Å²) in [6.07, 6.45) is 8.18. The number of benzene rings is 1. The van der Waals surface area contributed by atoms with Crippen LogP contribution in [0.4, 0.5) is 0 Å². The maximum Gasteiger partial charge on any atom is 0.213 e. The van der Waals surface area contributed by atoms with Gasteiger partial charge >= 0.3 is 0 Å². The molecule has 1 heteroatoms. The number of hydrogen-bond donors (Lipinski definition) is 0. The number of pyridine rings is 1. The van der Waals surface area contributed by atoms with Crippen LogP contribution in [0.1, 0.15) is 30.2 Å². The molecule has 0 aliphatic heterocycles. The lowest BCUT2D eigenvalue weighted by Gasteiger charge is -2.03. The first-order chi connectivity index (χ1) is 9.81. The molecule has 4 rings (SSSR count). The summed E-state index contributed by atoms with van der Waals surface area (Å²) in [7, 11) is 0. The summed E-state index contributed by atoms with van der Waals surface area (Å²) in [6, 6.07) is 15.1. The van der Waals surface area contributed by atoms with E-state index >= 15 is 0 Å². The minimum absolute atomic E-state index is 0.687. The van der Waals surface area contributed by atoms with Gasteiger partial charge in [-0.3, -0.25) is 0 Å². The van der Waals surface area contributed by atoms with Crippen LogP contribution in [-0.4, -0.2) is 0 Å². The van der Waals surface area contributed by atoms with Crippen LogP contribution in [0.25, 0.3) is 11.6 Å². The highest BCUT2D eigenvalue weighted by atomic mass is 15.0. The number of fused-ring (bicyclic) bond motifs is 3. The summed E-state index contributed by atoms with van der Waals surface area (Å²) in [4.78, 5) is 0. The van der Waals surface area contributed by atoms with Gasteiger partial charge in [0.1, 0.15) is 0 Å². The monoisotopic (exact) mass is 260 g/mol. The first-order valence-corrected chi connectivity index (χ1v) is 7.31. The van der Waals surface area contributed by atoms with E-state index in [1.54, 1.807) is 0 Å². The van der Waals surface area contributed by atoms with E-state index in [9.17, 15) is 0 Å². The van der Waals surface area contributed by atoms with Crippen molar-refractivity contribution in [3.63, 3.8) is 0 Å². The van der Waals surface area contributed by atoms with Crippen LogP contribution >= 0.6 is 0 Å². The molecule has 1 aromatic carbocycles. The molecule has 98 valence electrons. The molecule has 20 heavy (non-hydrogen) atoms. The number of rotatable bonds is 2. The summed E-state index contributed by atoms with van der Waals surface area (Å²) < 4.78 is 2.36. The average molecular weight is 260 g/mol. The van der Waals surface area contributed by atoms with Crippen molar-refractivity contribution in [2.24, 2.45) is 5.92 Å². The maximum absolute atomic E-state index is 2.42. The molecule has 0 saturated heterocycles. The fourth-order valence-corrected chi connectivity index (χ4v) is 3.34. The third-order valence-corrected chi connectivity index (χ3v) is 4.25. The maximum atomic E-state index is 2.42. The van der Waals surface area contributed by atoms with E-state index in [1.807, 2.05) is 0 Å². The zero-order valence-corrected chi connectivity index (χ0v) is 11.7. The lowest BCUT2D eigenvalue weighted by molar-refractivity contribution is -0.690. The SMILES string of the molecule is CC1C=C2C(=Cc3c2ccc[n+]3Cc2ccccc2)C1. The highest BCUT2D eigenvalue weighted by molar-refractivity contribution is 5.94. The molecule has 1 nitrogen and oxygen atoms in total. The molecule has 0 radical (unpaired) electrons. The van der Waals surface area contributed by atoms with E-state index in [-0.39, 0.29) is 0 Å². The Bertz CT molecular complexity index is 723. The number of aromatic nitrogens is 1. The minimum atomic E-state index is 0.687. The second kappa shape index (κ2) is 4.45. The summed E-state index contributed by atoms with van der Waals surface area (Å²) in [5, 5.41) is 0. The van der Waals surface area contributed by atoms with E-state index in [1.165, 1.54) is 34.4 Å². The summed E-state index contributed by atoms with van der Waals surface area (Å²) >= 11 is 0. The molecule has 1 heterocycles. The quantitative estimate of drug-likeness (QED) is 0.722. The summed E-state index contributed by atoms with van der Waals surface area (Å²) in [5.74, 6) is 0.687. The van der Waals surface area contributed by atoms with E-state index in [0.717, 1.165) is 6.54 Å². The van der Waals surface area contributed by atoms with Crippen molar-refractivity contribution >= 4 is 11.6 Å². The van der Waals surface area contributed by atoms with E-state index < -0.39 is 0 Å². The second-order valence-corrected chi connectivity index (χ2v) is 5.85. The van der Waals surface area contributed by atoms with Gasteiger partial charge in [0, 0.05) is 17.7 Å². The van der Waals surface area contributed by atoms with Crippen molar-refractivity contribution in [1.82, 2.24) is 0 Å². The molecule has 0 saturated carbocycles. The third kappa shape index (κ3) is 1.82. The molecule has 1 atom stereocenters. The Morgan fingerprint density at radius 1 is 1.10 bits per heavy atom. The van der Waals surface area contributed by atoms with Crippen molar-refractivity contribution in [1.29, 1.82) is 0 Å². The predicted octanol–water partition coefficient (Wildman–Crippen LogP) is 3.84. The zero-order chi connectivity index (χ0) is 13.5. The Balaban J connectivity index is 1.76. The molecule has 2 aliphatic rings. The van der Waals surface area contributed by atoms with Crippen LogP contribution in [0.15, 0.2) is 60.3 Å². The van der Waals surface area contributed by atoms with Crippen molar-refractivity contribution < 1.29 is 4.57 Å². The second-order valence-electron chi connectivity index (χ2n) is 5.85. The molecule has 0 amide bonds. The smallest absolute Gasteiger partial charge is 0.194 e. The number of nitrogens with zero attached hydrogens (tertiary/aromatic N) is 1. The highest BCUT2D eigenvalue weighted by Gasteiger charge is 2.30. The Labute approximate surface area is 119 Å². The Morgan fingerprint density at radius 3 is 2.80 bits per heavy atom. The summed E-state index contributed by atoms with van der Waals surface area (Å²) in [6.45, 7) is 3.24. The predicted molar refractivity (Wildman–Crippen MR) is 81.9 cm³/mol. The van der Waals surface area contributed by atoms with Gasteiger partial charge in [0.05, 0.1) is 5.56 Å². The van der Waals surface area contributed by atoms with E-state index in [0.29, 0.717) is 5.92 Å². The molecular weight excluding hydrogens is 242 g/mol. The van der Waals surface area contributed by atoms with E-state index in [4.69, 9.17) is 0 Å². The van der Waals surface area contributed by atoms with Crippen LogP contribution in [0.3, 0.4) is 0 Å². The van der Waals surface area contributed by atoms with Crippen LogP contribution in [0.2, 0.25) is 0 Å². The van der Waals surface area contributed by atoms with Gasteiger partial charge in [-0.25, -0.2) is 0 Å². The first-order valence-electron chi connectivity index (χ1n) is 7.31. The van der Waals surface area contributed by atoms with Gasteiger partial charge in [-0.15, -0.1) is 0 Å². The minimum Gasteiger partial charge on any atom is -0.194 e. The molecule has 1 unspecified atom stereocenters. The lowest BCUT2D eigenvalue weighted by atomic mass is 10.1. The van der Waals surface area contributed by atoms with Crippen molar-refractivity contribution in [2.45, 2.75) is 19.9 Å². The standard InChI is InChI=1S/C19H18N/c1-14-10-16-12-19-17(18(16)11-14)8-5-9-20(19)13-15-6-3-2-4-7-15/h2-9,11-12,14H,10,13H2,1H3/q+1.